The fourth-order valence-electron chi connectivity index (χ4n) is 2.09. The van der Waals surface area contributed by atoms with Crippen LogP contribution in [0.1, 0.15) is 22.8 Å². The number of carbonyl (C=O) groups is 2. The molecule has 2 rings (SSSR count). The van der Waals surface area contributed by atoms with E-state index in [0.717, 1.165) is 0 Å². The van der Waals surface area contributed by atoms with Crippen LogP contribution in [-0.2, 0) is 9.53 Å². The van der Waals surface area contributed by atoms with Gasteiger partial charge in [-0.3, -0.25) is 14.9 Å². The highest BCUT2D eigenvalue weighted by atomic mass is 35.5. The average Bonchev–Trinajstić information content (AvgIpc) is 2.56. The van der Waals surface area contributed by atoms with Gasteiger partial charge in [0.25, 0.3) is 11.6 Å². The summed E-state index contributed by atoms with van der Waals surface area (Å²) in [7, 11) is 0. The highest BCUT2D eigenvalue weighted by Gasteiger charge is 2.21. The Morgan fingerprint density at radius 3 is 2.46 bits per heavy atom. The molecule has 0 heterocycles. The summed E-state index contributed by atoms with van der Waals surface area (Å²) >= 11 is 11.8. The highest BCUT2D eigenvalue weighted by molar-refractivity contribution is 6.36. The predicted octanol–water partition coefficient (Wildman–Crippen LogP) is 4.39. The summed E-state index contributed by atoms with van der Waals surface area (Å²) in [6.07, 6.45) is -1.11. The number of hydrogen-bond acceptors (Lipinski definition) is 5. The molecule has 0 unspecified atom stereocenters. The van der Waals surface area contributed by atoms with Gasteiger partial charge in [-0.15, -0.1) is 0 Å². The van der Waals surface area contributed by atoms with Gasteiger partial charge in [-0.25, -0.2) is 4.79 Å². The average molecular weight is 397 g/mol. The minimum absolute atomic E-state index is 0.107. The minimum atomic E-state index is -1.11. The molecule has 0 radical (unpaired) electrons. The summed E-state index contributed by atoms with van der Waals surface area (Å²) in [6, 6.07) is 8.37. The topological polar surface area (TPSA) is 98.5 Å². The Hall–Kier alpha value is -2.64. The Morgan fingerprint density at radius 2 is 1.88 bits per heavy atom. The van der Waals surface area contributed by atoms with Gasteiger partial charge in [0.15, 0.2) is 6.10 Å². The molecule has 0 spiro atoms. The van der Waals surface area contributed by atoms with Crippen LogP contribution in [0.2, 0.25) is 10.0 Å². The molecule has 1 amide bonds. The normalized spacial score (nSPS) is 11.5. The van der Waals surface area contributed by atoms with Gasteiger partial charge in [0.1, 0.15) is 0 Å². The lowest BCUT2D eigenvalue weighted by Gasteiger charge is -2.14. The molecule has 136 valence electrons. The molecule has 0 aliphatic rings. The first-order chi connectivity index (χ1) is 12.2. The SMILES string of the molecule is Cc1cc(C(=O)O[C@H](C)C(=O)Nc2ccc(Cl)cc2Cl)ccc1[N+](=O)[O-]. The summed E-state index contributed by atoms with van der Waals surface area (Å²) in [6.45, 7) is 2.91. The van der Waals surface area contributed by atoms with Gasteiger partial charge < -0.3 is 10.1 Å². The first kappa shape index (κ1) is 19.7. The van der Waals surface area contributed by atoms with Crippen LogP contribution in [0.15, 0.2) is 36.4 Å². The Kier molecular flexibility index (Phi) is 6.18. The van der Waals surface area contributed by atoms with Crippen LogP contribution >= 0.6 is 23.2 Å². The zero-order chi connectivity index (χ0) is 19.4. The van der Waals surface area contributed by atoms with Crippen molar-refractivity contribution in [3.8, 4) is 0 Å². The smallest absolute Gasteiger partial charge is 0.338 e. The second-order valence-electron chi connectivity index (χ2n) is 5.42. The van der Waals surface area contributed by atoms with Crippen molar-refractivity contribution in [1.29, 1.82) is 0 Å². The summed E-state index contributed by atoms with van der Waals surface area (Å²) < 4.78 is 5.10. The first-order valence-electron chi connectivity index (χ1n) is 7.41. The summed E-state index contributed by atoms with van der Waals surface area (Å²) in [5, 5.41) is 14.0. The molecule has 0 fully saturated rings. The van der Waals surface area contributed by atoms with Crippen LogP contribution in [0.25, 0.3) is 0 Å². The second-order valence-corrected chi connectivity index (χ2v) is 6.26. The van der Waals surface area contributed by atoms with Crippen molar-refractivity contribution >= 4 is 46.5 Å². The van der Waals surface area contributed by atoms with E-state index in [1.165, 1.54) is 44.2 Å². The molecule has 1 atom stereocenters. The van der Waals surface area contributed by atoms with Crippen molar-refractivity contribution in [1.82, 2.24) is 0 Å². The van der Waals surface area contributed by atoms with Crippen molar-refractivity contribution in [3.63, 3.8) is 0 Å². The van der Waals surface area contributed by atoms with Crippen LogP contribution in [0.3, 0.4) is 0 Å². The van der Waals surface area contributed by atoms with Crippen LogP contribution in [-0.4, -0.2) is 22.9 Å². The van der Waals surface area contributed by atoms with Crippen LogP contribution in [0, 0.1) is 17.0 Å². The largest absolute Gasteiger partial charge is 0.449 e. The Bertz CT molecular complexity index is 885. The molecule has 9 heteroatoms. The number of benzene rings is 2. The van der Waals surface area contributed by atoms with E-state index < -0.39 is 22.9 Å². The molecule has 7 nitrogen and oxygen atoms in total. The molecular weight excluding hydrogens is 383 g/mol. The third-order valence-electron chi connectivity index (χ3n) is 3.47. The van der Waals surface area contributed by atoms with Gasteiger partial charge in [-0.1, -0.05) is 23.2 Å². The van der Waals surface area contributed by atoms with Crippen LogP contribution < -0.4 is 5.32 Å². The lowest BCUT2D eigenvalue weighted by Crippen LogP contribution is -2.30. The van der Waals surface area contributed by atoms with Gasteiger partial charge in [-0.2, -0.15) is 0 Å². The highest BCUT2D eigenvalue weighted by Crippen LogP contribution is 2.25. The number of anilines is 1. The van der Waals surface area contributed by atoms with Crippen LogP contribution in [0.5, 0.6) is 0 Å². The molecule has 0 aromatic heterocycles. The van der Waals surface area contributed by atoms with E-state index in [1.54, 1.807) is 6.07 Å². The van der Waals surface area contributed by atoms with E-state index in [4.69, 9.17) is 27.9 Å². The molecule has 1 N–H and O–H groups in total. The number of carbonyl (C=O) groups excluding carboxylic acids is 2. The van der Waals surface area contributed by atoms with Gasteiger partial charge >= 0.3 is 5.97 Å². The van der Waals surface area contributed by atoms with Crippen LogP contribution in [0.4, 0.5) is 11.4 Å². The van der Waals surface area contributed by atoms with E-state index in [1.807, 2.05) is 0 Å². The number of nitro benzene ring substituents is 1. The maximum atomic E-state index is 12.2. The van der Waals surface area contributed by atoms with E-state index in [2.05, 4.69) is 5.32 Å². The molecular formula is C17H14Cl2N2O5. The summed E-state index contributed by atoms with van der Waals surface area (Å²) in [5.41, 5.74) is 0.645. The van der Waals surface area contributed by atoms with Crippen molar-refractivity contribution in [3.05, 3.63) is 67.7 Å². The third-order valence-corrected chi connectivity index (χ3v) is 4.02. The van der Waals surface area contributed by atoms with E-state index >= 15 is 0 Å². The number of nitro groups is 1. The number of rotatable bonds is 5. The lowest BCUT2D eigenvalue weighted by molar-refractivity contribution is -0.385. The molecule has 0 saturated carbocycles. The number of nitrogens with one attached hydrogen (secondary N) is 1. The maximum Gasteiger partial charge on any atom is 0.338 e. The van der Waals surface area contributed by atoms with Crippen molar-refractivity contribution in [2.75, 3.05) is 5.32 Å². The maximum absolute atomic E-state index is 12.2. The van der Waals surface area contributed by atoms with Crippen molar-refractivity contribution < 1.29 is 19.2 Å². The summed E-state index contributed by atoms with van der Waals surface area (Å²) in [4.78, 5) is 34.6. The molecule has 0 saturated heterocycles. The van der Waals surface area contributed by atoms with E-state index in [-0.39, 0.29) is 16.3 Å². The van der Waals surface area contributed by atoms with Crippen molar-refractivity contribution in [2.45, 2.75) is 20.0 Å². The third kappa shape index (κ3) is 4.71. The number of hydrogen-bond donors (Lipinski definition) is 1. The number of esters is 1. The molecule has 2 aromatic carbocycles. The molecule has 0 aliphatic heterocycles. The quantitative estimate of drug-likeness (QED) is 0.458. The fraction of sp³-hybridized carbons (Fsp3) is 0.176. The minimum Gasteiger partial charge on any atom is -0.449 e. The van der Waals surface area contributed by atoms with Crippen molar-refractivity contribution in [2.24, 2.45) is 0 Å². The van der Waals surface area contributed by atoms with E-state index in [0.29, 0.717) is 16.3 Å². The zero-order valence-corrected chi connectivity index (χ0v) is 15.3. The van der Waals surface area contributed by atoms with Gasteiger partial charge in [0, 0.05) is 16.7 Å². The Balaban J connectivity index is 2.05. The number of ether oxygens (including phenoxy) is 1. The van der Waals surface area contributed by atoms with Gasteiger partial charge in [0.05, 0.1) is 21.2 Å². The molecule has 0 aliphatic carbocycles. The first-order valence-corrected chi connectivity index (χ1v) is 8.16. The number of amides is 1. The Labute approximate surface area is 159 Å². The van der Waals surface area contributed by atoms with Gasteiger partial charge in [-0.05, 0) is 44.2 Å². The molecule has 2 aromatic rings. The van der Waals surface area contributed by atoms with Gasteiger partial charge in [0.2, 0.25) is 0 Å². The number of nitrogens with zero attached hydrogens (tertiary/aromatic N) is 1. The zero-order valence-electron chi connectivity index (χ0n) is 13.8. The Morgan fingerprint density at radius 1 is 1.19 bits per heavy atom. The molecule has 26 heavy (non-hydrogen) atoms. The van der Waals surface area contributed by atoms with E-state index in [9.17, 15) is 19.7 Å². The number of aryl methyl sites for hydroxylation is 1. The monoisotopic (exact) mass is 396 g/mol. The summed E-state index contributed by atoms with van der Waals surface area (Å²) in [5.74, 6) is -1.35. The molecule has 0 bridgehead atoms. The number of halogens is 2. The predicted molar refractivity (Wildman–Crippen MR) is 97.8 cm³/mol. The fourth-order valence-corrected chi connectivity index (χ4v) is 2.55. The lowest BCUT2D eigenvalue weighted by atomic mass is 10.1. The second kappa shape index (κ2) is 8.16. The standard InChI is InChI=1S/C17H14Cl2N2O5/c1-9-7-11(3-6-15(9)21(24)25)17(23)26-10(2)16(22)20-14-5-4-12(18)8-13(14)19/h3-8,10H,1-2H3,(H,20,22)/t10-/m1/s1.